The fraction of sp³-hybridized carbons (Fsp3) is 0.167. The molecule has 0 fully saturated rings. The SMILES string of the molecule is CCOC(=O)/C=C\Sc1nc2ccccc2s1. The first kappa shape index (κ1) is 12.1. The van der Waals surface area contributed by atoms with Gasteiger partial charge in [-0.2, -0.15) is 0 Å². The first-order chi connectivity index (χ1) is 8.29. The van der Waals surface area contributed by atoms with Crippen molar-refractivity contribution >= 4 is 39.3 Å². The standard InChI is InChI=1S/C12H11NO2S2/c1-2-15-11(14)7-8-16-12-13-9-5-3-4-6-10(9)17-12/h3-8H,2H2,1H3/b8-7-. The Labute approximate surface area is 108 Å². The van der Waals surface area contributed by atoms with Gasteiger partial charge in [0.1, 0.15) is 0 Å². The third-order valence-electron chi connectivity index (χ3n) is 1.93. The molecule has 2 aromatic rings. The average Bonchev–Trinajstić information content (AvgIpc) is 2.71. The zero-order valence-corrected chi connectivity index (χ0v) is 10.9. The van der Waals surface area contributed by atoms with Gasteiger partial charge < -0.3 is 4.74 Å². The molecule has 1 heterocycles. The molecule has 0 bridgehead atoms. The highest BCUT2D eigenvalue weighted by Gasteiger charge is 2.02. The van der Waals surface area contributed by atoms with Gasteiger partial charge in [-0.15, -0.1) is 11.3 Å². The summed E-state index contributed by atoms with van der Waals surface area (Å²) in [6.45, 7) is 2.18. The van der Waals surface area contributed by atoms with Gasteiger partial charge in [-0.1, -0.05) is 23.9 Å². The molecule has 2 rings (SSSR count). The van der Waals surface area contributed by atoms with E-state index in [1.165, 1.54) is 17.8 Å². The Morgan fingerprint density at radius 2 is 2.35 bits per heavy atom. The van der Waals surface area contributed by atoms with Crippen LogP contribution in [0.2, 0.25) is 0 Å². The highest BCUT2D eigenvalue weighted by atomic mass is 32.2. The summed E-state index contributed by atoms with van der Waals surface area (Å²) in [5, 5.41) is 1.70. The summed E-state index contributed by atoms with van der Waals surface area (Å²) in [6, 6.07) is 7.96. The molecule has 0 radical (unpaired) electrons. The Hall–Kier alpha value is -1.33. The van der Waals surface area contributed by atoms with E-state index in [2.05, 4.69) is 4.98 Å². The highest BCUT2D eigenvalue weighted by molar-refractivity contribution is 8.03. The Balaban J connectivity index is 2.01. The monoisotopic (exact) mass is 265 g/mol. The molecular weight excluding hydrogens is 254 g/mol. The first-order valence-electron chi connectivity index (χ1n) is 5.15. The van der Waals surface area contributed by atoms with Gasteiger partial charge in [0.05, 0.1) is 16.8 Å². The maximum Gasteiger partial charge on any atom is 0.331 e. The topological polar surface area (TPSA) is 39.2 Å². The van der Waals surface area contributed by atoms with Crippen LogP contribution < -0.4 is 0 Å². The van der Waals surface area contributed by atoms with E-state index >= 15 is 0 Å². The van der Waals surface area contributed by atoms with Crippen LogP contribution in [0.1, 0.15) is 6.92 Å². The molecule has 1 aromatic heterocycles. The molecule has 0 aliphatic rings. The van der Waals surface area contributed by atoms with Crippen LogP contribution in [-0.2, 0) is 9.53 Å². The lowest BCUT2D eigenvalue weighted by molar-refractivity contribution is -0.137. The van der Waals surface area contributed by atoms with Crippen LogP contribution in [0, 0.1) is 0 Å². The first-order valence-corrected chi connectivity index (χ1v) is 6.84. The van der Waals surface area contributed by atoms with E-state index in [0.717, 1.165) is 14.6 Å². The number of hydrogen-bond acceptors (Lipinski definition) is 5. The quantitative estimate of drug-likeness (QED) is 0.482. The van der Waals surface area contributed by atoms with Crippen LogP contribution in [-0.4, -0.2) is 17.6 Å². The van der Waals surface area contributed by atoms with E-state index in [1.54, 1.807) is 23.7 Å². The number of carbonyl (C=O) groups excluding carboxylic acids is 1. The smallest absolute Gasteiger partial charge is 0.331 e. The number of para-hydroxylation sites is 1. The number of ether oxygens (including phenoxy) is 1. The van der Waals surface area contributed by atoms with Crippen molar-refractivity contribution in [3.63, 3.8) is 0 Å². The molecule has 1 aromatic carbocycles. The van der Waals surface area contributed by atoms with E-state index in [4.69, 9.17) is 4.74 Å². The number of thioether (sulfide) groups is 1. The van der Waals surface area contributed by atoms with E-state index < -0.39 is 0 Å². The fourth-order valence-electron chi connectivity index (χ4n) is 1.24. The molecule has 17 heavy (non-hydrogen) atoms. The predicted molar refractivity (Wildman–Crippen MR) is 71.3 cm³/mol. The second-order valence-corrected chi connectivity index (χ2v) is 5.30. The normalized spacial score (nSPS) is 11.1. The molecule has 5 heteroatoms. The molecule has 0 atom stereocenters. The molecule has 0 aliphatic carbocycles. The minimum atomic E-state index is -0.318. The lowest BCUT2D eigenvalue weighted by Gasteiger charge is -1.93. The number of carbonyl (C=O) groups is 1. The van der Waals surface area contributed by atoms with Gasteiger partial charge >= 0.3 is 5.97 Å². The van der Waals surface area contributed by atoms with E-state index in [9.17, 15) is 4.79 Å². The second kappa shape index (κ2) is 5.84. The minimum absolute atomic E-state index is 0.318. The van der Waals surface area contributed by atoms with Crippen molar-refractivity contribution in [2.75, 3.05) is 6.61 Å². The largest absolute Gasteiger partial charge is 0.463 e. The van der Waals surface area contributed by atoms with Crippen LogP contribution in [0.3, 0.4) is 0 Å². The molecule has 0 amide bonds. The second-order valence-electron chi connectivity index (χ2n) is 3.12. The number of aromatic nitrogens is 1. The van der Waals surface area contributed by atoms with Gasteiger partial charge in [0.2, 0.25) is 0 Å². The van der Waals surface area contributed by atoms with Crippen molar-refractivity contribution in [1.29, 1.82) is 0 Å². The van der Waals surface area contributed by atoms with Crippen molar-refractivity contribution < 1.29 is 9.53 Å². The molecule has 0 unspecified atom stereocenters. The number of benzene rings is 1. The molecule has 3 nitrogen and oxygen atoms in total. The number of fused-ring (bicyclic) bond motifs is 1. The third-order valence-corrected chi connectivity index (χ3v) is 3.87. The number of nitrogens with zero attached hydrogens (tertiary/aromatic N) is 1. The molecule has 0 saturated heterocycles. The van der Waals surface area contributed by atoms with Crippen molar-refractivity contribution in [2.45, 2.75) is 11.3 Å². The molecule has 0 saturated carbocycles. The summed E-state index contributed by atoms with van der Waals surface area (Å²) in [4.78, 5) is 15.5. The number of rotatable bonds is 4. The van der Waals surface area contributed by atoms with Gasteiger partial charge in [0.15, 0.2) is 4.34 Å². The van der Waals surface area contributed by atoms with Crippen LogP contribution in [0.15, 0.2) is 40.1 Å². The summed E-state index contributed by atoms with van der Waals surface area (Å²) >= 11 is 3.04. The lowest BCUT2D eigenvalue weighted by atomic mass is 10.3. The average molecular weight is 265 g/mol. The van der Waals surface area contributed by atoms with Crippen LogP contribution in [0.25, 0.3) is 10.2 Å². The number of hydrogen-bond donors (Lipinski definition) is 0. The minimum Gasteiger partial charge on any atom is -0.463 e. The third kappa shape index (κ3) is 3.31. The molecular formula is C12H11NO2S2. The van der Waals surface area contributed by atoms with Gasteiger partial charge in [-0.25, -0.2) is 9.78 Å². The molecule has 0 spiro atoms. The zero-order chi connectivity index (χ0) is 12.1. The van der Waals surface area contributed by atoms with E-state index in [0.29, 0.717) is 6.61 Å². The molecule has 0 aliphatic heterocycles. The van der Waals surface area contributed by atoms with Crippen LogP contribution in [0.5, 0.6) is 0 Å². The van der Waals surface area contributed by atoms with Crippen molar-refractivity contribution in [3.05, 3.63) is 35.7 Å². The molecule has 0 N–H and O–H groups in total. The van der Waals surface area contributed by atoms with Crippen molar-refractivity contribution in [1.82, 2.24) is 4.98 Å². The Bertz CT molecular complexity index is 515. The van der Waals surface area contributed by atoms with Crippen molar-refractivity contribution in [2.24, 2.45) is 0 Å². The summed E-state index contributed by atoms with van der Waals surface area (Å²) in [5.74, 6) is -0.318. The Morgan fingerprint density at radius 1 is 1.53 bits per heavy atom. The van der Waals surface area contributed by atoms with Gasteiger partial charge in [0.25, 0.3) is 0 Å². The van der Waals surface area contributed by atoms with Gasteiger partial charge in [-0.3, -0.25) is 0 Å². The maximum atomic E-state index is 11.1. The highest BCUT2D eigenvalue weighted by Crippen LogP contribution is 2.29. The zero-order valence-electron chi connectivity index (χ0n) is 9.25. The Kier molecular flexibility index (Phi) is 4.17. The lowest BCUT2D eigenvalue weighted by Crippen LogP contribution is -1.98. The summed E-state index contributed by atoms with van der Waals surface area (Å²) in [7, 11) is 0. The van der Waals surface area contributed by atoms with Gasteiger partial charge in [0, 0.05) is 6.08 Å². The number of esters is 1. The van der Waals surface area contributed by atoms with Crippen LogP contribution in [0.4, 0.5) is 0 Å². The summed E-state index contributed by atoms with van der Waals surface area (Å²) in [5.41, 5.74) is 0.990. The van der Waals surface area contributed by atoms with Crippen molar-refractivity contribution in [3.8, 4) is 0 Å². The summed E-state index contributed by atoms with van der Waals surface area (Å²) < 4.78 is 6.86. The van der Waals surface area contributed by atoms with Gasteiger partial charge in [-0.05, 0) is 24.5 Å². The van der Waals surface area contributed by atoms with E-state index in [-0.39, 0.29) is 5.97 Å². The van der Waals surface area contributed by atoms with E-state index in [1.807, 2.05) is 24.3 Å². The molecule has 88 valence electrons. The number of thiazole rings is 1. The maximum absolute atomic E-state index is 11.1. The predicted octanol–water partition coefficient (Wildman–Crippen LogP) is 3.47. The summed E-state index contributed by atoms with van der Waals surface area (Å²) in [6.07, 6.45) is 1.42. The van der Waals surface area contributed by atoms with Crippen LogP contribution >= 0.6 is 23.1 Å². The fourth-order valence-corrected chi connectivity index (χ4v) is 3.01. The Morgan fingerprint density at radius 3 is 3.12 bits per heavy atom.